The summed E-state index contributed by atoms with van der Waals surface area (Å²) in [4.78, 5) is 12.7. The van der Waals surface area contributed by atoms with Crippen LogP contribution in [-0.4, -0.2) is 34.2 Å². The fourth-order valence-corrected chi connectivity index (χ4v) is 1.73. The molecule has 0 radical (unpaired) electrons. The van der Waals surface area contributed by atoms with Crippen molar-refractivity contribution >= 4 is 6.09 Å². The van der Waals surface area contributed by atoms with E-state index in [4.69, 9.17) is 5.73 Å². The maximum Gasteiger partial charge on any atom is 0.408 e. The lowest BCUT2D eigenvalue weighted by atomic mass is 9.83. The largest absolute Gasteiger partial charge is 0.465 e. The third kappa shape index (κ3) is 3.70. The second-order valence-corrected chi connectivity index (χ2v) is 5.94. The average Bonchev–Trinajstić information content (AvgIpc) is 1.93. The third-order valence-corrected chi connectivity index (χ3v) is 2.46. The zero-order valence-corrected chi connectivity index (χ0v) is 10.7. The van der Waals surface area contributed by atoms with Crippen LogP contribution in [0.5, 0.6) is 0 Å². The van der Waals surface area contributed by atoms with Gasteiger partial charge in [0.1, 0.15) is 0 Å². The van der Waals surface area contributed by atoms with Gasteiger partial charge < -0.3 is 10.8 Å². The minimum absolute atomic E-state index is 0.152. The van der Waals surface area contributed by atoms with Crippen molar-refractivity contribution in [2.75, 3.05) is 6.54 Å². The molecule has 15 heavy (non-hydrogen) atoms. The molecule has 0 aromatic carbocycles. The minimum atomic E-state index is -0.909. The van der Waals surface area contributed by atoms with Gasteiger partial charge in [-0.25, -0.2) is 4.79 Å². The Kier molecular flexibility index (Phi) is 4.17. The molecule has 90 valence electrons. The SMILES string of the molecule is CC(C)(C)C(CN)N(C(=O)O)C(C)(C)C. The summed E-state index contributed by atoms with van der Waals surface area (Å²) in [7, 11) is 0. The third-order valence-electron chi connectivity index (χ3n) is 2.46. The number of carbonyl (C=O) groups is 1. The minimum Gasteiger partial charge on any atom is -0.465 e. The standard InChI is InChI=1S/C11H24N2O2/c1-10(2,3)8(7-12)13(9(14)15)11(4,5)6/h8H,7,12H2,1-6H3,(H,14,15). The summed E-state index contributed by atoms with van der Waals surface area (Å²) >= 11 is 0. The highest BCUT2D eigenvalue weighted by molar-refractivity contribution is 5.66. The molecule has 0 aliphatic rings. The molecule has 1 unspecified atom stereocenters. The number of amides is 1. The lowest BCUT2D eigenvalue weighted by Crippen LogP contribution is -2.58. The zero-order chi connectivity index (χ0) is 12.4. The van der Waals surface area contributed by atoms with Gasteiger partial charge in [0.25, 0.3) is 0 Å². The Hall–Kier alpha value is -0.770. The monoisotopic (exact) mass is 216 g/mol. The molecule has 3 N–H and O–H groups in total. The molecule has 0 aromatic heterocycles. The van der Waals surface area contributed by atoms with Crippen LogP contribution in [0.15, 0.2) is 0 Å². The van der Waals surface area contributed by atoms with E-state index in [1.807, 2.05) is 41.5 Å². The Balaban J connectivity index is 5.15. The Morgan fingerprint density at radius 3 is 1.73 bits per heavy atom. The normalized spacial score (nSPS) is 14.9. The highest BCUT2D eigenvalue weighted by Gasteiger charge is 2.38. The van der Waals surface area contributed by atoms with E-state index >= 15 is 0 Å². The van der Waals surface area contributed by atoms with Crippen molar-refractivity contribution in [3.05, 3.63) is 0 Å². The molecular weight excluding hydrogens is 192 g/mol. The van der Waals surface area contributed by atoms with Crippen molar-refractivity contribution in [1.82, 2.24) is 4.90 Å². The quantitative estimate of drug-likeness (QED) is 0.743. The van der Waals surface area contributed by atoms with Crippen molar-refractivity contribution in [2.24, 2.45) is 11.1 Å². The average molecular weight is 216 g/mol. The first-order chi connectivity index (χ1) is 6.51. The zero-order valence-electron chi connectivity index (χ0n) is 10.7. The summed E-state index contributed by atoms with van der Waals surface area (Å²) in [6.07, 6.45) is -0.909. The van der Waals surface area contributed by atoms with E-state index < -0.39 is 11.6 Å². The Morgan fingerprint density at radius 1 is 1.27 bits per heavy atom. The number of nitrogens with two attached hydrogens (primary N) is 1. The molecule has 1 amide bonds. The first-order valence-electron chi connectivity index (χ1n) is 5.24. The van der Waals surface area contributed by atoms with E-state index in [1.165, 1.54) is 4.90 Å². The van der Waals surface area contributed by atoms with E-state index in [9.17, 15) is 9.90 Å². The van der Waals surface area contributed by atoms with E-state index in [0.29, 0.717) is 6.54 Å². The smallest absolute Gasteiger partial charge is 0.408 e. The van der Waals surface area contributed by atoms with Gasteiger partial charge in [0, 0.05) is 12.1 Å². The topological polar surface area (TPSA) is 66.6 Å². The molecule has 0 spiro atoms. The van der Waals surface area contributed by atoms with Gasteiger partial charge in [0.05, 0.1) is 6.04 Å². The van der Waals surface area contributed by atoms with E-state index in [1.54, 1.807) is 0 Å². The molecule has 0 heterocycles. The fourth-order valence-electron chi connectivity index (χ4n) is 1.73. The summed E-state index contributed by atoms with van der Waals surface area (Å²) in [5, 5.41) is 9.24. The van der Waals surface area contributed by atoms with Gasteiger partial charge >= 0.3 is 6.09 Å². The van der Waals surface area contributed by atoms with Gasteiger partial charge in [-0.15, -0.1) is 0 Å². The molecule has 0 aliphatic heterocycles. The Bertz CT molecular complexity index is 226. The number of nitrogens with zero attached hydrogens (tertiary/aromatic N) is 1. The molecule has 0 aliphatic carbocycles. The predicted octanol–water partition coefficient (Wildman–Crippen LogP) is 2.14. The molecular formula is C11H24N2O2. The lowest BCUT2D eigenvalue weighted by molar-refractivity contribution is 0.0323. The number of hydrogen-bond donors (Lipinski definition) is 2. The second kappa shape index (κ2) is 4.39. The fraction of sp³-hybridized carbons (Fsp3) is 0.909. The summed E-state index contributed by atoms with van der Waals surface area (Å²) < 4.78 is 0. The van der Waals surface area contributed by atoms with Crippen LogP contribution in [-0.2, 0) is 0 Å². The van der Waals surface area contributed by atoms with Crippen LogP contribution in [0.2, 0.25) is 0 Å². The summed E-state index contributed by atoms with van der Waals surface area (Å²) in [6, 6.07) is -0.171. The van der Waals surface area contributed by atoms with Crippen molar-refractivity contribution < 1.29 is 9.90 Å². The Labute approximate surface area is 92.4 Å². The van der Waals surface area contributed by atoms with Crippen LogP contribution in [0.25, 0.3) is 0 Å². The van der Waals surface area contributed by atoms with Gasteiger partial charge in [-0.1, -0.05) is 20.8 Å². The van der Waals surface area contributed by atoms with Crippen molar-refractivity contribution in [3.8, 4) is 0 Å². The number of carboxylic acid groups (broad SMARTS) is 1. The number of rotatable bonds is 2. The Morgan fingerprint density at radius 2 is 1.67 bits per heavy atom. The molecule has 0 fully saturated rings. The maximum absolute atomic E-state index is 11.3. The van der Waals surface area contributed by atoms with E-state index in [0.717, 1.165) is 0 Å². The molecule has 1 atom stereocenters. The second-order valence-electron chi connectivity index (χ2n) is 5.94. The molecule has 0 saturated carbocycles. The first-order valence-corrected chi connectivity index (χ1v) is 5.24. The first kappa shape index (κ1) is 14.2. The molecule has 0 aromatic rings. The molecule has 0 rings (SSSR count). The van der Waals surface area contributed by atoms with Gasteiger partial charge in [-0.05, 0) is 26.2 Å². The predicted molar refractivity (Wildman–Crippen MR) is 61.9 cm³/mol. The van der Waals surface area contributed by atoms with Crippen LogP contribution in [0.1, 0.15) is 41.5 Å². The highest BCUT2D eigenvalue weighted by Crippen LogP contribution is 2.29. The van der Waals surface area contributed by atoms with Gasteiger partial charge in [-0.2, -0.15) is 0 Å². The molecule has 0 saturated heterocycles. The van der Waals surface area contributed by atoms with Crippen LogP contribution in [0.4, 0.5) is 4.79 Å². The highest BCUT2D eigenvalue weighted by atomic mass is 16.4. The summed E-state index contributed by atoms with van der Waals surface area (Å²) in [6.45, 7) is 12.0. The lowest BCUT2D eigenvalue weighted by Gasteiger charge is -2.45. The van der Waals surface area contributed by atoms with E-state index in [2.05, 4.69) is 0 Å². The van der Waals surface area contributed by atoms with Crippen LogP contribution in [0.3, 0.4) is 0 Å². The molecule has 4 nitrogen and oxygen atoms in total. The molecule has 0 bridgehead atoms. The van der Waals surface area contributed by atoms with Crippen molar-refractivity contribution in [1.29, 1.82) is 0 Å². The summed E-state index contributed by atoms with van der Waals surface area (Å²) in [5.74, 6) is 0. The van der Waals surface area contributed by atoms with E-state index in [-0.39, 0.29) is 11.5 Å². The van der Waals surface area contributed by atoms with Crippen LogP contribution < -0.4 is 5.73 Å². The van der Waals surface area contributed by atoms with Crippen LogP contribution >= 0.6 is 0 Å². The number of hydrogen-bond acceptors (Lipinski definition) is 2. The van der Waals surface area contributed by atoms with Gasteiger partial charge in [-0.3, -0.25) is 4.90 Å². The van der Waals surface area contributed by atoms with Gasteiger partial charge in [0.2, 0.25) is 0 Å². The van der Waals surface area contributed by atoms with Crippen molar-refractivity contribution in [2.45, 2.75) is 53.1 Å². The molecule has 4 heteroatoms. The van der Waals surface area contributed by atoms with Gasteiger partial charge in [0.15, 0.2) is 0 Å². The van der Waals surface area contributed by atoms with Crippen molar-refractivity contribution in [3.63, 3.8) is 0 Å². The summed E-state index contributed by atoms with van der Waals surface area (Å²) in [5.41, 5.74) is 5.11. The maximum atomic E-state index is 11.3. The van der Waals surface area contributed by atoms with Crippen LogP contribution in [0, 0.1) is 5.41 Å².